The van der Waals surface area contributed by atoms with Gasteiger partial charge in [0.2, 0.25) is 5.91 Å². The Balaban J connectivity index is 2.22. The standard InChI is InChI=1S/C10H19NO2S/c1-3-5-10(13)7-11(8-10)9(12)4-6-14-2/h13H,3-8H2,1-2H3. The Morgan fingerprint density at radius 2 is 2.21 bits per heavy atom. The summed E-state index contributed by atoms with van der Waals surface area (Å²) in [5.74, 6) is 1.06. The maximum Gasteiger partial charge on any atom is 0.223 e. The number of thioether (sulfide) groups is 1. The summed E-state index contributed by atoms with van der Waals surface area (Å²) in [5.41, 5.74) is -0.580. The summed E-state index contributed by atoms with van der Waals surface area (Å²) in [5, 5.41) is 9.86. The first-order valence-electron chi connectivity index (χ1n) is 5.10. The number of hydrogen-bond acceptors (Lipinski definition) is 3. The highest BCUT2D eigenvalue weighted by Gasteiger charge is 2.42. The molecule has 0 aliphatic carbocycles. The van der Waals surface area contributed by atoms with Crippen molar-refractivity contribution in [1.29, 1.82) is 0 Å². The summed E-state index contributed by atoms with van der Waals surface area (Å²) < 4.78 is 0. The van der Waals surface area contributed by atoms with Gasteiger partial charge in [-0.2, -0.15) is 11.8 Å². The predicted molar refractivity (Wildman–Crippen MR) is 59.4 cm³/mol. The number of carbonyl (C=O) groups is 1. The first-order valence-corrected chi connectivity index (χ1v) is 6.50. The van der Waals surface area contributed by atoms with Crippen molar-refractivity contribution in [2.75, 3.05) is 25.1 Å². The third-order valence-corrected chi connectivity index (χ3v) is 3.17. The van der Waals surface area contributed by atoms with E-state index in [4.69, 9.17) is 0 Å². The van der Waals surface area contributed by atoms with Crippen molar-refractivity contribution >= 4 is 17.7 Å². The minimum atomic E-state index is -0.580. The molecule has 3 nitrogen and oxygen atoms in total. The fraction of sp³-hybridized carbons (Fsp3) is 0.900. The topological polar surface area (TPSA) is 40.5 Å². The van der Waals surface area contributed by atoms with E-state index in [9.17, 15) is 9.90 Å². The number of likely N-dealkylation sites (tertiary alicyclic amines) is 1. The van der Waals surface area contributed by atoms with Gasteiger partial charge in [-0.05, 0) is 12.7 Å². The lowest BCUT2D eigenvalue weighted by Gasteiger charge is -2.46. The van der Waals surface area contributed by atoms with Gasteiger partial charge in [0.05, 0.1) is 18.7 Å². The lowest BCUT2D eigenvalue weighted by Crippen LogP contribution is -2.63. The van der Waals surface area contributed by atoms with Crippen LogP contribution in [0, 0.1) is 0 Å². The molecule has 1 aliphatic rings. The number of rotatable bonds is 5. The van der Waals surface area contributed by atoms with E-state index in [-0.39, 0.29) is 5.91 Å². The molecule has 0 aromatic rings. The highest BCUT2D eigenvalue weighted by molar-refractivity contribution is 7.98. The number of amides is 1. The normalized spacial score (nSPS) is 19.2. The van der Waals surface area contributed by atoms with Crippen LogP contribution in [0.5, 0.6) is 0 Å². The van der Waals surface area contributed by atoms with Gasteiger partial charge in [0.25, 0.3) is 0 Å². The number of hydrogen-bond donors (Lipinski definition) is 1. The lowest BCUT2D eigenvalue weighted by atomic mass is 9.89. The third kappa shape index (κ3) is 2.89. The van der Waals surface area contributed by atoms with E-state index in [1.165, 1.54) is 0 Å². The van der Waals surface area contributed by atoms with Crippen LogP contribution in [0.1, 0.15) is 26.2 Å². The Kier molecular flexibility index (Phi) is 4.26. The Morgan fingerprint density at radius 1 is 1.57 bits per heavy atom. The van der Waals surface area contributed by atoms with Gasteiger partial charge in [0.15, 0.2) is 0 Å². The van der Waals surface area contributed by atoms with Crippen LogP contribution >= 0.6 is 11.8 Å². The second kappa shape index (κ2) is 5.03. The highest BCUT2D eigenvalue weighted by atomic mass is 32.2. The van der Waals surface area contributed by atoms with Crippen LogP contribution in [-0.2, 0) is 4.79 Å². The summed E-state index contributed by atoms with van der Waals surface area (Å²) in [6.07, 6.45) is 4.38. The van der Waals surface area contributed by atoms with E-state index >= 15 is 0 Å². The molecule has 0 saturated carbocycles. The average molecular weight is 217 g/mol. The lowest BCUT2D eigenvalue weighted by molar-refractivity contribution is -0.156. The van der Waals surface area contributed by atoms with Crippen molar-refractivity contribution < 1.29 is 9.90 Å². The summed E-state index contributed by atoms with van der Waals surface area (Å²) >= 11 is 1.68. The van der Waals surface area contributed by atoms with Gasteiger partial charge in [0.1, 0.15) is 0 Å². The Labute approximate surface area is 89.9 Å². The van der Waals surface area contributed by atoms with Crippen LogP contribution in [0.2, 0.25) is 0 Å². The minimum Gasteiger partial charge on any atom is -0.386 e. The maximum atomic E-state index is 11.5. The Hall–Kier alpha value is -0.220. The molecule has 14 heavy (non-hydrogen) atoms. The average Bonchev–Trinajstić information content (AvgIpc) is 2.10. The summed E-state index contributed by atoms with van der Waals surface area (Å²) in [7, 11) is 0. The molecule has 0 radical (unpaired) electrons. The molecular formula is C10H19NO2S. The number of aliphatic hydroxyl groups is 1. The van der Waals surface area contributed by atoms with E-state index in [1.807, 2.05) is 6.26 Å². The molecular weight excluding hydrogens is 198 g/mol. The first-order chi connectivity index (χ1) is 6.61. The predicted octanol–water partition coefficient (Wildman–Crippen LogP) is 1.11. The van der Waals surface area contributed by atoms with Gasteiger partial charge in [0, 0.05) is 12.2 Å². The molecule has 0 aromatic heterocycles. The second-order valence-electron chi connectivity index (χ2n) is 3.97. The molecule has 1 aliphatic heterocycles. The monoisotopic (exact) mass is 217 g/mol. The molecule has 0 unspecified atom stereocenters. The fourth-order valence-electron chi connectivity index (χ4n) is 1.81. The van der Waals surface area contributed by atoms with Gasteiger partial charge >= 0.3 is 0 Å². The molecule has 1 amide bonds. The number of carbonyl (C=O) groups excluding carboxylic acids is 1. The third-order valence-electron chi connectivity index (χ3n) is 2.56. The zero-order valence-corrected chi connectivity index (χ0v) is 9.77. The van der Waals surface area contributed by atoms with E-state index in [0.717, 1.165) is 18.6 Å². The van der Waals surface area contributed by atoms with Crippen LogP contribution in [0.3, 0.4) is 0 Å². The van der Waals surface area contributed by atoms with Crippen molar-refractivity contribution in [3.63, 3.8) is 0 Å². The van der Waals surface area contributed by atoms with E-state index < -0.39 is 5.60 Å². The molecule has 0 spiro atoms. The molecule has 0 bridgehead atoms. The van der Waals surface area contributed by atoms with Crippen LogP contribution < -0.4 is 0 Å². The number of nitrogens with zero attached hydrogens (tertiary/aromatic N) is 1. The second-order valence-corrected chi connectivity index (χ2v) is 4.95. The van der Waals surface area contributed by atoms with Crippen molar-refractivity contribution in [3.8, 4) is 0 Å². The highest BCUT2D eigenvalue weighted by Crippen LogP contribution is 2.26. The number of β-amino-alcohol motifs (C(OH)–C–C–N with tert-alkyl or cyclic N) is 1. The van der Waals surface area contributed by atoms with Crippen molar-refractivity contribution in [1.82, 2.24) is 4.90 Å². The van der Waals surface area contributed by atoms with Crippen LogP contribution in [0.15, 0.2) is 0 Å². The zero-order valence-electron chi connectivity index (χ0n) is 8.95. The Morgan fingerprint density at radius 3 is 2.71 bits per heavy atom. The van der Waals surface area contributed by atoms with Crippen LogP contribution in [0.4, 0.5) is 0 Å². The van der Waals surface area contributed by atoms with Crippen molar-refractivity contribution in [2.45, 2.75) is 31.8 Å². The first kappa shape index (κ1) is 11.9. The van der Waals surface area contributed by atoms with Gasteiger partial charge in [-0.25, -0.2) is 0 Å². The van der Waals surface area contributed by atoms with Gasteiger partial charge < -0.3 is 10.0 Å². The van der Waals surface area contributed by atoms with Crippen molar-refractivity contribution in [3.05, 3.63) is 0 Å². The van der Waals surface area contributed by atoms with Crippen LogP contribution in [0.25, 0.3) is 0 Å². The molecule has 1 heterocycles. The van der Waals surface area contributed by atoms with E-state index in [2.05, 4.69) is 6.92 Å². The Bertz CT molecular complexity index is 202. The van der Waals surface area contributed by atoms with Crippen molar-refractivity contribution in [2.24, 2.45) is 0 Å². The SMILES string of the molecule is CCCC1(O)CN(C(=O)CCSC)C1. The molecule has 1 saturated heterocycles. The maximum absolute atomic E-state index is 11.5. The molecule has 4 heteroatoms. The molecule has 1 rings (SSSR count). The largest absolute Gasteiger partial charge is 0.386 e. The molecule has 82 valence electrons. The zero-order chi connectivity index (χ0) is 10.6. The summed E-state index contributed by atoms with van der Waals surface area (Å²) in [6, 6.07) is 0. The van der Waals surface area contributed by atoms with Crippen LogP contribution in [-0.4, -0.2) is 46.6 Å². The molecule has 0 aromatic carbocycles. The summed E-state index contributed by atoms with van der Waals surface area (Å²) in [6.45, 7) is 3.12. The summed E-state index contributed by atoms with van der Waals surface area (Å²) in [4.78, 5) is 13.2. The molecule has 1 fully saturated rings. The molecule has 1 N–H and O–H groups in total. The minimum absolute atomic E-state index is 0.181. The molecule has 0 atom stereocenters. The quantitative estimate of drug-likeness (QED) is 0.750. The fourth-order valence-corrected chi connectivity index (χ4v) is 2.19. The smallest absolute Gasteiger partial charge is 0.223 e. The van der Waals surface area contributed by atoms with E-state index in [1.54, 1.807) is 16.7 Å². The van der Waals surface area contributed by atoms with E-state index in [0.29, 0.717) is 19.5 Å². The van der Waals surface area contributed by atoms with Gasteiger partial charge in [-0.3, -0.25) is 4.79 Å². The van der Waals surface area contributed by atoms with Gasteiger partial charge in [-0.15, -0.1) is 0 Å². The van der Waals surface area contributed by atoms with Gasteiger partial charge in [-0.1, -0.05) is 13.3 Å².